The van der Waals surface area contributed by atoms with Crippen molar-refractivity contribution in [3.8, 4) is 0 Å². The first-order chi connectivity index (χ1) is 14.6. The van der Waals surface area contributed by atoms with Crippen molar-refractivity contribution in [2.45, 2.75) is 142 Å². The van der Waals surface area contributed by atoms with Crippen LogP contribution in [0, 0.1) is 0 Å². The molecule has 0 aliphatic heterocycles. The summed E-state index contributed by atoms with van der Waals surface area (Å²) in [6.45, 7) is 7.06. The van der Waals surface area contributed by atoms with Crippen molar-refractivity contribution in [3.63, 3.8) is 0 Å². The van der Waals surface area contributed by atoms with Crippen LogP contribution in [0.3, 0.4) is 0 Å². The monoisotopic (exact) mass is 622 g/mol. The summed E-state index contributed by atoms with van der Waals surface area (Å²) < 4.78 is 0. The van der Waals surface area contributed by atoms with Crippen LogP contribution in [0.25, 0.3) is 0 Å². The van der Waals surface area contributed by atoms with Crippen molar-refractivity contribution in [1.29, 1.82) is 0 Å². The fraction of sp³-hybridized carbons (Fsp3) is 1.00. The van der Waals surface area contributed by atoms with E-state index >= 15 is 0 Å². The third-order valence-electron chi connectivity index (χ3n) is 6.10. The van der Waals surface area contributed by atoms with Gasteiger partial charge in [0.2, 0.25) is 0 Å². The Kier molecular flexibility index (Phi) is 29.0. The Hall–Kier alpha value is 0.489. The molecule has 0 saturated heterocycles. The van der Waals surface area contributed by atoms with Gasteiger partial charge >= 0.3 is 0 Å². The van der Waals surface area contributed by atoms with E-state index in [2.05, 4.69) is 18.7 Å². The van der Waals surface area contributed by atoms with E-state index in [9.17, 15) is 10.2 Å². The summed E-state index contributed by atoms with van der Waals surface area (Å²) in [6.07, 6.45) is 20.4. The van der Waals surface area contributed by atoms with Crippen LogP contribution < -0.4 is 0 Å². The zero-order valence-corrected chi connectivity index (χ0v) is 23.2. The van der Waals surface area contributed by atoms with Crippen LogP contribution >= 0.6 is 0 Å². The number of rotatable bonds is 24. The SMILES string of the molecule is CCCCCCCCC(O)CN(CCCCCCO)CC(O)CCCCCCCC.[Ir]. The van der Waals surface area contributed by atoms with Crippen LogP contribution in [-0.2, 0) is 20.1 Å². The first kappa shape index (κ1) is 33.7. The Balaban J connectivity index is 0. The van der Waals surface area contributed by atoms with Crippen LogP contribution in [0.15, 0.2) is 0 Å². The predicted molar refractivity (Wildman–Crippen MR) is 130 cm³/mol. The van der Waals surface area contributed by atoms with Gasteiger partial charge < -0.3 is 15.3 Å². The molecular formula is C26H55IrNO3. The first-order valence-electron chi connectivity index (χ1n) is 13.3. The summed E-state index contributed by atoms with van der Waals surface area (Å²) in [5.74, 6) is 0. The third-order valence-corrected chi connectivity index (χ3v) is 6.10. The second-order valence-electron chi connectivity index (χ2n) is 9.32. The van der Waals surface area contributed by atoms with Crippen molar-refractivity contribution in [1.82, 2.24) is 4.90 Å². The number of aliphatic hydroxyl groups is 3. The first-order valence-corrected chi connectivity index (χ1v) is 13.3. The van der Waals surface area contributed by atoms with Crippen molar-refractivity contribution < 1.29 is 35.4 Å². The molecule has 5 heteroatoms. The Morgan fingerprint density at radius 2 is 0.935 bits per heavy atom. The van der Waals surface area contributed by atoms with Crippen LogP contribution in [0.2, 0.25) is 0 Å². The van der Waals surface area contributed by atoms with E-state index in [1.807, 2.05) is 0 Å². The zero-order valence-electron chi connectivity index (χ0n) is 20.8. The minimum absolute atomic E-state index is 0. The van der Waals surface area contributed by atoms with Crippen molar-refractivity contribution >= 4 is 0 Å². The average molecular weight is 622 g/mol. The zero-order chi connectivity index (χ0) is 22.3. The quantitative estimate of drug-likeness (QED) is 0.115. The van der Waals surface area contributed by atoms with Crippen LogP contribution in [0.1, 0.15) is 129 Å². The molecule has 2 unspecified atom stereocenters. The molecule has 0 spiro atoms. The van der Waals surface area contributed by atoms with E-state index in [0.29, 0.717) is 13.1 Å². The molecule has 0 heterocycles. The smallest absolute Gasteiger partial charge is 0.0667 e. The van der Waals surface area contributed by atoms with Gasteiger partial charge in [-0.15, -0.1) is 0 Å². The minimum Gasteiger partial charge on any atom is -0.396 e. The summed E-state index contributed by atoms with van der Waals surface area (Å²) in [7, 11) is 0. The Bertz CT molecular complexity index is 310. The van der Waals surface area contributed by atoms with Crippen LogP contribution in [0.5, 0.6) is 0 Å². The third kappa shape index (κ3) is 25.0. The van der Waals surface area contributed by atoms with Gasteiger partial charge in [-0.3, -0.25) is 4.90 Å². The molecule has 2 atom stereocenters. The van der Waals surface area contributed by atoms with E-state index in [1.165, 1.54) is 64.2 Å². The van der Waals surface area contributed by atoms with Crippen LogP contribution in [0.4, 0.5) is 0 Å². The molecule has 0 saturated carbocycles. The molecule has 0 aromatic heterocycles. The molecule has 191 valence electrons. The Labute approximate surface area is 207 Å². The number of aliphatic hydroxyl groups excluding tert-OH is 3. The molecule has 0 bridgehead atoms. The fourth-order valence-corrected chi connectivity index (χ4v) is 4.16. The molecule has 0 fully saturated rings. The fourth-order valence-electron chi connectivity index (χ4n) is 4.16. The number of hydrogen-bond donors (Lipinski definition) is 3. The second-order valence-corrected chi connectivity index (χ2v) is 9.32. The molecule has 0 rings (SSSR count). The molecule has 0 aromatic rings. The average Bonchev–Trinajstić information content (AvgIpc) is 2.72. The van der Waals surface area contributed by atoms with E-state index in [0.717, 1.165) is 57.9 Å². The van der Waals surface area contributed by atoms with Crippen molar-refractivity contribution in [3.05, 3.63) is 0 Å². The Morgan fingerprint density at radius 3 is 1.39 bits per heavy atom. The maximum Gasteiger partial charge on any atom is 0.0667 e. The molecular weight excluding hydrogens is 567 g/mol. The van der Waals surface area contributed by atoms with Gasteiger partial charge in [0.25, 0.3) is 0 Å². The molecule has 0 aliphatic rings. The van der Waals surface area contributed by atoms with Crippen LogP contribution in [-0.4, -0.2) is 58.7 Å². The van der Waals surface area contributed by atoms with E-state index in [4.69, 9.17) is 5.11 Å². The van der Waals surface area contributed by atoms with Gasteiger partial charge in [0.1, 0.15) is 0 Å². The standard InChI is InChI=1S/C26H55NO3.Ir/c1-3-5-7-9-11-15-19-25(29)23-27(21-17-13-14-18-22-28)24-26(30)20-16-12-10-8-6-4-2;/h25-26,28-30H,3-24H2,1-2H3;. The molecule has 0 aromatic carbocycles. The maximum absolute atomic E-state index is 10.5. The van der Waals surface area contributed by atoms with E-state index in [1.54, 1.807) is 0 Å². The summed E-state index contributed by atoms with van der Waals surface area (Å²) in [5, 5.41) is 30.0. The normalized spacial score (nSPS) is 13.4. The second kappa shape index (κ2) is 26.7. The summed E-state index contributed by atoms with van der Waals surface area (Å²) in [6, 6.07) is 0. The minimum atomic E-state index is -0.283. The van der Waals surface area contributed by atoms with Gasteiger partial charge in [0.15, 0.2) is 0 Å². The summed E-state index contributed by atoms with van der Waals surface area (Å²) >= 11 is 0. The van der Waals surface area contributed by atoms with E-state index < -0.39 is 0 Å². The molecule has 4 nitrogen and oxygen atoms in total. The largest absolute Gasteiger partial charge is 0.396 e. The number of nitrogens with zero attached hydrogens (tertiary/aromatic N) is 1. The van der Waals surface area contributed by atoms with Gasteiger partial charge in [-0.1, -0.05) is 104 Å². The van der Waals surface area contributed by atoms with Crippen molar-refractivity contribution in [2.75, 3.05) is 26.2 Å². The predicted octanol–water partition coefficient (Wildman–Crippen LogP) is 6.06. The van der Waals surface area contributed by atoms with Gasteiger partial charge in [-0.25, -0.2) is 0 Å². The van der Waals surface area contributed by atoms with Crippen molar-refractivity contribution in [2.24, 2.45) is 0 Å². The van der Waals surface area contributed by atoms with Gasteiger partial charge in [-0.05, 0) is 32.2 Å². The number of hydrogen-bond acceptors (Lipinski definition) is 4. The van der Waals surface area contributed by atoms with Gasteiger partial charge in [-0.2, -0.15) is 0 Å². The topological polar surface area (TPSA) is 63.9 Å². The molecule has 1 radical (unpaired) electrons. The molecule has 0 aliphatic carbocycles. The van der Waals surface area contributed by atoms with Gasteiger partial charge in [0, 0.05) is 39.8 Å². The Morgan fingerprint density at radius 1 is 0.548 bits per heavy atom. The molecule has 3 N–H and O–H groups in total. The molecule has 31 heavy (non-hydrogen) atoms. The summed E-state index contributed by atoms with van der Waals surface area (Å²) in [5.41, 5.74) is 0. The van der Waals surface area contributed by atoms with Gasteiger partial charge in [0.05, 0.1) is 12.2 Å². The summed E-state index contributed by atoms with van der Waals surface area (Å²) in [4.78, 5) is 2.28. The number of unbranched alkanes of at least 4 members (excludes halogenated alkanes) is 13. The maximum atomic E-state index is 10.5. The molecule has 0 amide bonds. The van der Waals surface area contributed by atoms with E-state index in [-0.39, 0.29) is 38.9 Å².